The molecule has 0 aliphatic rings. The summed E-state index contributed by atoms with van der Waals surface area (Å²) in [5, 5.41) is 2.80. The fourth-order valence-electron chi connectivity index (χ4n) is 1.76. The van der Waals surface area contributed by atoms with Crippen LogP contribution in [-0.4, -0.2) is 10.9 Å². The second-order valence-electron chi connectivity index (χ2n) is 4.63. The highest BCUT2D eigenvalue weighted by molar-refractivity contribution is 5.76. The van der Waals surface area contributed by atoms with Gasteiger partial charge in [0.2, 0.25) is 11.8 Å². The zero-order valence-electron chi connectivity index (χ0n) is 11.3. The minimum absolute atomic E-state index is 0.0106. The molecule has 1 aromatic heterocycles. The molecule has 1 aromatic carbocycles. The fourth-order valence-corrected chi connectivity index (χ4v) is 1.76. The van der Waals surface area contributed by atoms with Gasteiger partial charge in [-0.25, -0.2) is 4.98 Å². The van der Waals surface area contributed by atoms with Gasteiger partial charge in [-0.15, -0.1) is 0 Å². The molecule has 0 bridgehead atoms. The zero-order chi connectivity index (χ0) is 13.7. The second kappa shape index (κ2) is 6.18. The number of oxazole rings is 1. The number of benzene rings is 1. The molecule has 0 radical (unpaired) electrons. The first-order chi connectivity index (χ1) is 9.13. The van der Waals surface area contributed by atoms with Crippen molar-refractivity contribution in [2.24, 2.45) is 0 Å². The van der Waals surface area contributed by atoms with Crippen LogP contribution in [0.25, 0.3) is 0 Å². The number of nitrogens with one attached hydrogen (secondary N) is 1. The van der Waals surface area contributed by atoms with Gasteiger partial charge in [-0.2, -0.15) is 0 Å². The van der Waals surface area contributed by atoms with Gasteiger partial charge in [0.1, 0.15) is 5.76 Å². The maximum Gasteiger partial charge on any atom is 0.220 e. The number of carbonyl (C=O) groups excluding carboxylic acids is 1. The van der Waals surface area contributed by atoms with Gasteiger partial charge in [-0.1, -0.05) is 29.8 Å². The maximum atomic E-state index is 11.7. The van der Waals surface area contributed by atoms with Gasteiger partial charge in [-0.05, 0) is 25.8 Å². The van der Waals surface area contributed by atoms with E-state index in [4.69, 9.17) is 4.42 Å². The minimum atomic E-state index is 0.0106. The minimum Gasteiger partial charge on any atom is -0.444 e. The molecule has 0 aliphatic heterocycles. The Balaban J connectivity index is 1.74. The van der Waals surface area contributed by atoms with Crippen LogP contribution in [0, 0.1) is 13.8 Å². The van der Waals surface area contributed by atoms with Crippen LogP contribution in [0.2, 0.25) is 0 Å². The number of nitrogens with zero attached hydrogens (tertiary/aromatic N) is 1. The summed E-state index contributed by atoms with van der Waals surface area (Å²) in [6.45, 7) is 4.23. The molecule has 19 heavy (non-hydrogen) atoms. The van der Waals surface area contributed by atoms with Gasteiger partial charge in [0, 0.05) is 6.42 Å². The van der Waals surface area contributed by atoms with E-state index in [1.807, 2.05) is 6.92 Å². The third kappa shape index (κ3) is 4.25. The number of amides is 1. The van der Waals surface area contributed by atoms with Crippen LogP contribution in [-0.2, 0) is 17.8 Å². The van der Waals surface area contributed by atoms with Crippen molar-refractivity contribution in [3.8, 4) is 0 Å². The molecule has 0 atom stereocenters. The molecule has 0 spiro atoms. The molecule has 2 rings (SSSR count). The highest BCUT2D eigenvalue weighted by Crippen LogP contribution is 2.06. The van der Waals surface area contributed by atoms with Crippen molar-refractivity contribution in [3.63, 3.8) is 0 Å². The molecule has 1 amide bonds. The molecule has 4 nitrogen and oxygen atoms in total. The normalized spacial score (nSPS) is 10.4. The standard InChI is InChI=1S/C15H18N2O2/c1-11-3-5-13(6-4-11)7-8-14(18)16-10-15-17-9-12(2)19-15/h3-6,9H,7-8,10H2,1-2H3,(H,16,18). The van der Waals surface area contributed by atoms with Crippen LogP contribution in [0.15, 0.2) is 34.9 Å². The zero-order valence-corrected chi connectivity index (χ0v) is 11.3. The first-order valence-electron chi connectivity index (χ1n) is 6.37. The summed E-state index contributed by atoms with van der Waals surface area (Å²) < 4.78 is 5.28. The predicted molar refractivity (Wildman–Crippen MR) is 72.6 cm³/mol. The molecule has 100 valence electrons. The summed E-state index contributed by atoms with van der Waals surface area (Å²) in [6.07, 6.45) is 2.87. The van der Waals surface area contributed by atoms with Crippen molar-refractivity contribution >= 4 is 5.91 Å². The summed E-state index contributed by atoms with van der Waals surface area (Å²) in [5.74, 6) is 1.31. The Kier molecular flexibility index (Phi) is 4.34. The first-order valence-corrected chi connectivity index (χ1v) is 6.37. The average Bonchev–Trinajstić information content (AvgIpc) is 2.81. The Morgan fingerprint density at radius 1 is 1.26 bits per heavy atom. The topological polar surface area (TPSA) is 55.1 Å². The first kappa shape index (κ1) is 13.3. The highest BCUT2D eigenvalue weighted by atomic mass is 16.4. The van der Waals surface area contributed by atoms with Gasteiger partial charge < -0.3 is 9.73 Å². The van der Waals surface area contributed by atoms with E-state index in [1.165, 1.54) is 11.1 Å². The van der Waals surface area contributed by atoms with Crippen LogP contribution >= 0.6 is 0 Å². The summed E-state index contributed by atoms with van der Waals surface area (Å²) in [6, 6.07) is 8.23. The van der Waals surface area contributed by atoms with Crippen molar-refractivity contribution in [2.75, 3.05) is 0 Å². The van der Waals surface area contributed by atoms with Crippen LogP contribution < -0.4 is 5.32 Å². The largest absolute Gasteiger partial charge is 0.444 e. The van der Waals surface area contributed by atoms with E-state index in [0.717, 1.165) is 12.2 Å². The van der Waals surface area contributed by atoms with Crippen LogP contribution in [0.3, 0.4) is 0 Å². The Bertz CT molecular complexity index is 544. The van der Waals surface area contributed by atoms with Crippen molar-refractivity contribution in [1.82, 2.24) is 10.3 Å². The molecule has 0 saturated carbocycles. The highest BCUT2D eigenvalue weighted by Gasteiger charge is 2.05. The molecule has 0 fully saturated rings. The third-order valence-electron chi connectivity index (χ3n) is 2.87. The van der Waals surface area contributed by atoms with Gasteiger partial charge in [-0.3, -0.25) is 4.79 Å². The van der Waals surface area contributed by atoms with Crippen molar-refractivity contribution in [1.29, 1.82) is 0 Å². The predicted octanol–water partition coefficient (Wildman–Crippen LogP) is 2.54. The van der Waals surface area contributed by atoms with Crippen LogP contribution in [0.1, 0.15) is 29.2 Å². The molecular weight excluding hydrogens is 240 g/mol. The smallest absolute Gasteiger partial charge is 0.220 e. The summed E-state index contributed by atoms with van der Waals surface area (Å²) in [7, 11) is 0. The van der Waals surface area contributed by atoms with E-state index in [2.05, 4.69) is 41.5 Å². The number of rotatable bonds is 5. The number of aromatic nitrogens is 1. The SMILES string of the molecule is Cc1ccc(CCC(=O)NCc2ncc(C)o2)cc1. The van der Waals surface area contributed by atoms with Crippen LogP contribution in [0.4, 0.5) is 0 Å². The van der Waals surface area contributed by atoms with E-state index >= 15 is 0 Å². The third-order valence-corrected chi connectivity index (χ3v) is 2.87. The summed E-state index contributed by atoms with van der Waals surface area (Å²) in [5.41, 5.74) is 2.40. The van der Waals surface area contributed by atoms with Gasteiger partial charge in [0.25, 0.3) is 0 Å². The van der Waals surface area contributed by atoms with E-state index in [-0.39, 0.29) is 5.91 Å². The second-order valence-corrected chi connectivity index (χ2v) is 4.63. The quantitative estimate of drug-likeness (QED) is 0.896. The van der Waals surface area contributed by atoms with Gasteiger partial charge >= 0.3 is 0 Å². The average molecular weight is 258 g/mol. The Labute approximate surface area is 112 Å². The van der Waals surface area contributed by atoms with Gasteiger partial charge in [0.15, 0.2) is 0 Å². The molecular formula is C15H18N2O2. The van der Waals surface area contributed by atoms with E-state index < -0.39 is 0 Å². The van der Waals surface area contributed by atoms with Crippen molar-refractivity contribution < 1.29 is 9.21 Å². The van der Waals surface area contributed by atoms with E-state index in [9.17, 15) is 4.79 Å². The van der Waals surface area contributed by atoms with Crippen LogP contribution in [0.5, 0.6) is 0 Å². The fraction of sp³-hybridized carbons (Fsp3) is 0.333. The molecule has 0 unspecified atom stereocenters. The Morgan fingerprint density at radius 2 is 2.00 bits per heavy atom. The Hall–Kier alpha value is -2.10. The molecule has 0 aliphatic carbocycles. The lowest BCUT2D eigenvalue weighted by Crippen LogP contribution is -2.23. The molecule has 4 heteroatoms. The monoisotopic (exact) mass is 258 g/mol. The molecule has 0 saturated heterocycles. The number of aryl methyl sites for hydroxylation is 3. The Morgan fingerprint density at radius 3 is 2.63 bits per heavy atom. The lowest BCUT2D eigenvalue weighted by atomic mass is 10.1. The van der Waals surface area contributed by atoms with Crippen molar-refractivity contribution in [2.45, 2.75) is 33.2 Å². The van der Waals surface area contributed by atoms with Crippen molar-refractivity contribution in [3.05, 3.63) is 53.2 Å². The summed E-state index contributed by atoms with van der Waals surface area (Å²) >= 11 is 0. The molecule has 1 heterocycles. The molecule has 2 aromatic rings. The van der Waals surface area contributed by atoms with E-state index in [0.29, 0.717) is 18.9 Å². The van der Waals surface area contributed by atoms with Gasteiger partial charge in [0.05, 0.1) is 12.7 Å². The number of hydrogen-bond acceptors (Lipinski definition) is 3. The lowest BCUT2D eigenvalue weighted by Gasteiger charge is -2.03. The molecule has 1 N–H and O–H groups in total. The summed E-state index contributed by atoms with van der Waals surface area (Å²) in [4.78, 5) is 15.7. The maximum absolute atomic E-state index is 11.7. The van der Waals surface area contributed by atoms with E-state index in [1.54, 1.807) is 6.20 Å². The number of hydrogen-bond donors (Lipinski definition) is 1. The number of carbonyl (C=O) groups is 1. The lowest BCUT2D eigenvalue weighted by molar-refractivity contribution is -0.121.